The minimum absolute atomic E-state index is 0. The van der Waals surface area contributed by atoms with E-state index in [1.807, 2.05) is 91.4 Å². The first-order valence-electron chi connectivity index (χ1n) is 20.6. The molecule has 2 aliphatic rings. The number of carbonyl (C=O) groups is 5. The normalized spacial score (nSPS) is 14.1. The molecular weight excluding hydrogens is 812 g/mol. The van der Waals surface area contributed by atoms with Crippen molar-refractivity contribution >= 4 is 42.9 Å². The molecule has 0 bridgehead atoms. The van der Waals surface area contributed by atoms with Crippen LogP contribution in [0.1, 0.15) is 74.2 Å². The first-order chi connectivity index (χ1) is 30.0. The molecule has 7 rings (SSSR count). The third kappa shape index (κ3) is 15.1. The molecule has 0 radical (unpaired) electrons. The van der Waals surface area contributed by atoms with Gasteiger partial charge in [-0.1, -0.05) is 42.5 Å². The van der Waals surface area contributed by atoms with Crippen molar-refractivity contribution in [1.82, 2.24) is 30.5 Å². The molecule has 0 unspecified atom stereocenters. The number of carbonyl (C=O) groups excluding carboxylic acids is 5. The van der Waals surface area contributed by atoms with E-state index < -0.39 is 25.2 Å². The SMILES string of the molecule is CC(=O)OB(OC(C)=O)OC(C)=O.O=C(NC1CCN(Cc2ccc(N3CCC(NC(=O)c4cccc(-c5cccnc5)c4)CC3)nc2)CC1)c1cccc(-c2cccnc2)c1.[H-].[Na+]. The number of rotatable bonds is 12. The molecule has 0 saturated carbocycles. The predicted octanol–water partition coefficient (Wildman–Crippen LogP) is 2.78. The molecule has 5 aromatic rings. The zero-order chi connectivity index (χ0) is 43.8. The minimum Gasteiger partial charge on any atom is -1.00 e. The van der Waals surface area contributed by atoms with Crippen LogP contribution in [-0.4, -0.2) is 95.2 Å². The van der Waals surface area contributed by atoms with Gasteiger partial charge in [-0.3, -0.25) is 38.8 Å². The van der Waals surface area contributed by atoms with Gasteiger partial charge in [-0.25, -0.2) is 4.98 Å². The summed E-state index contributed by atoms with van der Waals surface area (Å²) in [5, 5.41) is 6.49. The molecule has 0 aliphatic carbocycles. The third-order valence-corrected chi connectivity index (χ3v) is 10.3. The summed E-state index contributed by atoms with van der Waals surface area (Å²) in [7, 11) is -1.59. The standard InChI is InChI=1S/C40H41N7O2.C6H9BO6.Na.H/c48-39(32-7-1-5-30(23-32)34-9-3-17-41-26-34)44-36-13-19-46(20-14-36)28-29-11-12-38(43-25-29)47-21-15-37(16-22-47)45-40(49)33-8-2-6-31(24-33)35-10-4-18-42-27-35;1-4(8)11-7(12-5(2)9)13-6(3)10;;/h1-12,17-18,23-27,36-37H,13-16,19-22,28H2,(H,44,48)(H,45,49);1-3H3;;/q;;+1;-1. The van der Waals surface area contributed by atoms with Crippen LogP contribution in [0.3, 0.4) is 0 Å². The molecule has 2 aliphatic heterocycles. The van der Waals surface area contributed by atoms with Crippen LogP contribution >= 0.6 is 0 Å². The van der Waals surface area contributed by atoms with Gasteiger partial charge in [0.05, 0.1) is 0 Å². The Morgan fingerprint density at radius 2 is 1.08 bits per heavy atom. The number of pyridine rings is 3. The Balaban J connectivity index is 0.000000523. The van der Waals surface area contributed by atoms with Gasteiger partial charge in [-0.15, -0.1) is 0 Å². The van der Waals surface area contributed by atoms with E-state index in [9.17, 15) is 24.0 Å². The summed E-state index contributed by atoms with van der Waals surface area (Å²) in [6.07, 6.45) is 12.7. The Morgan fingerprint density at radius 3 is 1.49 bits per heavy atom. The maximum absolute atomic E-state index is 13.1. The molecule has 5 heterocycles. The van der Waals surface area contributed by atoms with Crippen molar-refractivity contribution in [3.63, 3.8) is 0 Å². The van der Waals surface area contributed by atoms with Gasteiger partial charge in [0, 0.05) is 119 Å². The molecule has 0 atom stereocenters. The van der Waals surface area contributed by atoms with Crippen LogP contribution < -0.4 is 45.1 Å². The van der Waals surface area contributed by atoms with Crippen LogP contribution in [0.2, 0.25) is 0 Å². The second-order valence-corrected chi connectivity index (χ2v) is 15.0. The molecule has 2 N–H and O–H groups in total. The topological polar surface area (TPSA) is 182 Å². The molecule has 2 fully saturated rings. The summed E-state index contributed by atoms with van der Waals surface area (Å²) in [5.41, 5.74) is 6.49. The van der Waals surface area contributed by atoms with E-state index in [2.05, 4.69) is 56.5 Å². The van der Waals surface area contributed by atoms with Crippen molar-refractivity contribution in [3.8, 4) is 22.3 Å². The average molecular weight is 864 g/mol. The van der Waals surface area contributed by atoms with Gasteiger partial charge in [0.2, 0.25) is 0 Å². The molecule has 2 amide bonds. The Labute approximate surface area is 391 Å². The maximum Gasteiger partial charge on any atom is 1.00 e. The second-order valence-electron chi connectivity index (χ2n) is 15.0. The first-order valence-corrected chi connectivity index (χ1v) is 20.6. The number of amides is 2. The molecule has 15 nitrogen and oxygen atoms in total. The summed E-state index contributed by atoms with van der Waals surface area (Å²) in [6.45, 7) is 7.68. The van der Waals surface area contributed by atoms with Crippen LogP contribution in [-0.2, 0) is 34.9 Å². The van der Waals surface area contributed by atoms with E-state index in [0.717, 1.165) is 107 Å². The quantitative estimate of drug-likeness (QED) is 0.175. The largest absolute Gasteiger partial charge is 1.00 e. The molecular formula is C46H51BN7NaO8. The van der Waals surface area contributed by atoms with Crippen molar-refractivity contribution in [1.29, 1.82) is 0 Å². The number of nitrogens with zero attached hydrogens (tertiary/aromatic N) is 5. The van der Waals surface area contributed by atoms with Crippen molar-refractivity contribution < 1.29 is 68.9 Å². The van der Waals surface area contributed by atoms with Crippen molar-refractivity contribution in [3.05, 3.63) is 133 Å². The minimum atomic E-state index is -1.59. The van der Waals surface area contributed by atoms with Gasteiger partial charge in [0.15, 0.2) is 0 Å². The fourth-order valence-corrected chi connectivity index (χ4v) is 7.21. The average Bonchev–Trinajstić information content (AvgIpc) is 3.28. The van der Waals surface area contributed by atoms with Crippen LogP contribution in [0.4, 0.5) is 5.82 Å². The molecule has 2 saturated heterocycles. The van der Waals surface area contributed by atoms with Crippen LogP contribution in [0.5, 0.6) is 0 Å². The smallest absolute Gasteiger partial charge is 1.00 e. The number of hydrogen-bond acceptors (Lipinski definition) is 13. The Hall–Kier alpha value is -5.94. The number of piperidine rings is 2. The molecule has 17 heteroatoms. The van der Waals surface area contributed by atoms with E-state index in [-0.39, 0.29) is 54.9 Å². The number of hydrogen-bond donors (Lipinski definition) is 2. The van der Waals surface area contributed by atoms with Gasteiger partial charge in [0.1, 0.15) is 5.82 Å². The fourth-order valence-electron chi connectivity index (χ4n) is 7.21. The maximum atomic E-state index is 13.1. The summed E-state index contributed by atoms with van der Waals surface area (Å²) in [6, 6.07) is 27.8. The first kappa shape index (κ1) is 48.1. The van der Waals surface area contributed by atoms with Crippen molar-refractivity contribution in [2.24, 2.45) is 0 Å². The van der Waals surface area contributed by atoms with Gasteiger partial charge in [0.25, 0.3) is 29.7 Å². The number of benzene rings is 2. The zero-order valence-corrected chi connectivity index (χ0v) is 38.1. The predicted molar refractivity (Wildman–Crippen MR) is 234 cm³/mol. The van der Waals surface area contributed by atoms with Crippen LogP contribution in [0.15, 0.2) is 116 Å². The van der Waals surface area contributed by atoms with Crippen molar-refractivity contribution in [2.45, 2.75) is 65.1 Å². The summed E-state index contributed by atoms with van der Waals surface area (Å²) in [4.78, 5) is 75.3. The Kier molecular flexibility index (Phi) is 18.4. The number of aromatic nitrogens is 3. The van der Waals surface area contributed by atoms with Gasteiger partial charge in [-0.2, -0.15) is 0 Å². The van der Waals surface area contributed by atoms with E-state index in [4.69, 9.17) is 4.98 Å². The summed E-state index contributed by atoms with van der Waals surface area (Å²) >= 11 is 0. The summed E-state index contributed by atoms with van der Waals surface area (Å²) < 4.78 is 13.0. The molecule has 0 spiro atoms. The van der Waals surface area contributed by atoms with Crippen LogP contribution in [0.25, 0.3) is 22.3 Å². The van der Waals surface area contributed by atoms with Gasteiger partial charge < -0.3 is 30.9 Å². The molecule has 322 valence electrons. The monoisotopic (exact) mass is 863 g/mol. The van der Waals surface area contributed by atoms with Gasteiger partial charge in [-0.05, 0) is 84.8 Å². The molecule has 2 aromatic carbocycles. The Morgan fingerprint density at radius 1 is 0.619 bits per heavy atom. The summed E-state index contributed by atoms with van der Waals surface area (Å²) in [5.74, 6) is -1.23. The van der Waals surface area contributed by atoms with E-state index in [1.165, 1.54) is 5.56 Å². The number of likely N-dealkylation sites (tertiary alicyclic amines) is 1. The fraction of sp³-hybridized carbons (Fsp3) is 0.304. The van der Waals surface area contributed by atoms with Crippen LogP contribution in [0, 0.1) is 0 Å². The molecule has 63 heavy (non-hydrogen) atoms. The van der Waals surface area contributed by atoms with Gasteiger partial charge >= 0.3 is 36.9 Å². The molecule has 3 aromatic heterocycles. The van der Waals surface area contributed by atoms with E-state index in [1.54, 1.807) is 12.4 Å². The number of nitrogens with one attached hydrogen (secondary N) is 2. The number of anilines is 1. The third-order valence-electron chi connectivity index (χ3n) is 10.3. The second kappa shape index (κ2) is 24.1. The zero-order valence-electron chi connectivity index (χ0n) is 37.1. The van der Waals surface area contributed by atoms with Crippen molar-refractivity contribution in [2.75, 3.05) is 31.1 Å². The Bertz CT molecular complexity index is 2260. The van der Waals surface area contributed by atoms with E-state index in [0.29, 0.717) is 11.1 Å². The van der Waals surface area contributed by atoms with E-state index >= 15 is 0 Å².